The molecule has 0 bridgehead atoms. The van der Waals surface area contributed by atoms with Gasteiger partial charge < -0.3 is 20.1 Å². The molecule has 0 aromatic carbocycles. The van der Waals surface area contributed by atoms with E-state index in [-0.39, 0.29) is 29.9 Å². The molecule has 12 heteroatoms. The molecule has 0 saturated carbocycles. The Kier molecular flexibility index (Phi) is 6.71. The van der Waals surface area contributed by atoms with Crippen LogP contribution in [-0.4, -0.2) is 37.9 Å². The number of amides is 1. The van der Waals surface area contributed by atoms with Gasteiger partial charge in [-0.2, -0.15) is 13.8 Å². The molecule has 0 saturated heterocycles. The molecule has 0 atom stereocenters. The number of methoxy groups -OCH3 is 1. The van der Waals surface area contributed by atoms with E-state index in [0.29, 0.717) is 23.1 Å². The second-order valence-corrected chi connectivity index (χ2v) is 6.78. The minimum absolute atomic E-state index is 0.0197. The fraction of sp³-hybridized carbons (Fsp3) is 0.300. The zero-order valence-electron chi connectivity index (χ0n) is 17.8. The molecule has 3 aromatic rings. The highest BCUT2D eigenvalue weighted by atomic mass is 19.3. The van der Waals surface area contributed by atoms with Crippen LogP contribution in [0.1, 0.15) is 31.2 Å². The maximum Gasteiger partial charge on any atom is 0.303 e. The number of alkyl halides is 2. The first-order chi connectivity index (χ1) is 15.1. The first-order valence-electron chi connectivity index (χ1n) is 9.41. The van der Waals surface area contributed by atoms with Gasteiger partial charge in [-0.25, -0.2) is 19.9 Å². The third-order valence-electron chi connectivity index (χ3n) is 3.93. The van der Waals surface area contributed by atoms with Crippen molar-refractivity contribution in [1.82, 2.24) is 24.9 Å². The number of nitrogens with one attached hydrogen (secondary N) is 2. The Hall–Kier alpha value is -3.96. The zero-order chi connectivity index (χ0) is 23.3. The van der Waals surface area contributed by atoms with Crippen molar-refractivity contribution in [2.45, 2.75) is 33.3 Å². The van der Waals surface area contributed by atoms with Crippen molar-refractivity contribution < 1.29 is 23.0 Å². The Morgan fingerprint density at radius 3 is 2.62 bits per heavy atom. The number of nitrogens with zero attached hydrogens (tertiary/aromatic N) is 5. The smallest absolute Gasteiger partial charge is 0.303 e. The largest absolute Gasteiger partial charge is 0.482 e. The summed E-state index contributed by atoms with van der Waals surface area (Å²) < 4.78 is 38.3. The highest BCUT2D eigenvalue weighted by molar-refractivity contribution is 5.88. The van der Waals surface area contributed by atoms with Crippen molar-refractivity contribution in [3.05, 3.63) is 47.9 Å². The summed E-state index contributed by atoms with van der Waals surface area (Å²) in [4.78, 5) is 31.5. The summed E-state index contributed by atoms with van der Waals surface area (Å²) >= 11 is 0. The molecule has 10 nitrogen and oxygen atoms in total. The molecular formula is C20H21F2N7O3. The maximum atomic E-state index is 13.8. The van der Waals surface area contributed by atoms with Crippen LogP contribution >= 0.6 is 0 Å². The number of pyridine rings is 1. The van der Waals surface area contributed by atoms with E-state index in [2.05, 4.69) is 35.6 Å². The molecule has 0 spiro atoms. The van der Waals surface area contributed by atoms with Crippen LogP contribution in [0.3, 0.4) is 0 Å². The van der Waals surface area contributed by atoms with E-state index in [1.54, 1.807) is 13.0 Å². The molecular weight excluding hydrogens is 424 g/mol. The van der Waals surface area contributed by atoms with E-state index >= 15 is 0 Å². The molecule has 0 aliphatic rings. The Labute approximate surface area is 182 Å². The average Bonchev–Trinajstić information content (AvgIpc) is 2.72. The summed E-state index contributed by atoms with van der Waals surface area (Å²) in [6, 6.07) is 4.59. The van der Waals surface area contributed by atoms with Gasteiger partial charge in [-0.1, -0.05) is 0 Å². The van der Waals surface area contributed by atoms with Crippen LogP contribution in [0.4, 0.5) is 26.1 Å². The molecule has 2 N–H and O–H groups in total. The summed E-state index contributed by atoms with van der Waals surface area (Å²) in [7, 11) is 1.48. The summed E-state index contributed by atoms with van der Waals surface area (Å²) in [5.74, 6) is -2.83. The van der Waals surface area contributed by atoms with Gasteiger partial charge in [0, 0.05) is 43.9 Å². The minimum Gasteiger partial charge on any atom is -0.482 e. The lowest BCUT2D eigenvalue weighted by atomic mass is 10.3. The van der Waals surface area contributed by atoms with Gasteiger partial charge in [0.25, 0.3) is 0 Å². The number of ether oxygens (including phenoxy) is 2. The quantitative estimate of drug-likeness (QED) is 0.537. The second-order valence-electron chi connectivity index (χ2n) is 6.78. The number of carbonyl (C=O) groups excluding carboxylic acids is 1. The lowest BCUT2D eigenvalue weighted by molar-refractivity contribution is -0.114. The van der Waals surface area contributed by atoms with Gasteiger partial charge in [0.2, 0.25) is 17.6 Å². The molecule has 0 fully saturated rings. The summed E-state index contributed by atoms with van der Waals surface area (Å²) in [6.45, 7) is 3.61. The number of rotatable bonds is 8. The predicted octanol–water partition coefficient (Wildman–Crippen LogP) is 3.37. The molecule has 0 unspecified atom stereocenters. The summed E-state index contributed by atoms with van der Waals surface area (Å²) in [6.07, 6.45) is 2.90. The Balaban J connectivity index is 1.91. The topological polar surface area (TPSA) is 124 Å². The number of halogens is 2. The lowest BCUT2D eigenvalue weighted by Gasteiger charge is -2.16. The van der Waals surface area contributed by atoms with Crippen LogP contribution in [0.2, 0.25) is 0 Å². The SMILES string of the molecule is COc1ccnc(COc2cnc(NC(C)=O)cc2Nc2cc(C)nc(C(C)(F)F)n2)n1. The summed E-state index contributed by atoms with van der Waals surface area (Å²) in [5, 5.41) is 5.49. The van der Waals surface area contributed by atoms with Crippen LogP contribution < -0.4 is 20.1 Å². The van der Waals surface area contributed by atoms with Crippen molar-refractivity contribution in [3.8, 4) is 11.6 Å². The van der Waals surface area contributed by atoms with Crippen molar-refractivity contribution in [1.29, 1.82) is 0 Å². The average molecular weight is 445 g/mol. The van der Waals surface area contributed by atoms with Crippen molar-refractivity contribution in [3.63, 3.8) is 0 Å². The van der Waals surface area contributed by atoms with Crippen molar-refractivity contribution in [2.75, 3.05) is 17.7 Å². The number of aromatic nitrogens is 5. The van der Waals surface area contributed by atoms with E-state index in [1.165, 1.54) is 38.6 Å². The van der Waals surface area contributed by atoms with Gasteiger partial charge >= 0.3 is 5.92 Å². The number of aryl methyl sites for hydroxylation is 1. The second kappa shape index (κ2) is 9.45. The highest BCUT2D eigenvalue weighted by Crippen LogP contribution is 2.31. The van der Waals surface area contributed by atoms with Crippen LogP contribution in [-0.2, 0) is 17.3 Å². The zero-order valence-corrected chi connectivity index (χ0v) is 17.8. The van der Waals surface area contributed by atoms with Gasteiger partial charge in [0.1, 0.15) is 18.2 Å². The molecule has 3 heterocycles. The molecule has 32 heavy (non-hydrogen) atoms. The Bertz CT molecular complexity index is 1120. The van der Waals surface area contributed by atoms with Crippen LogP contribution in [0.5, 0.6) is 11.6 Å². The lowest BCUT2D eigenvalue weighted by Crippen LogP contribution is -2.15. The van der Waals surface area contributed by atoms with Gasteiger partial charge in [-0.15, -0.1) is 0 Å². The van der Waals surface area contributed by atoms with Crippen molar-refractivity contribution >= 4 is 23.2 Å². The van der Waals surface area contributed by atoms with Gasteiger partial charge in [-0.05, 0) is 6.92 Å². The maximum absolute atomic E-state index is 13.8. The van der Waals surface area contributed by atoms with Crippen LogP contribution in [0, 0.1) is 6.92 Å². The molecule has 3 aromatic heterocycles. The normalized spacial score (nSPS) is 11.1. The molecule has 168 valence electrons. The molecule has 0 aliphatic carbocycles. The van der Waals surface area contributed by atoms with Crippen LogP contribution in [0.25, 0.3) is 0 Å². The molecule has 0 radical (unpaired) electrons. The van der Waals surface area contributed by atoms with Crippen LogP contribution in [0.15, 0.2) is 30.6 Å². The minimum atomic E-state index is -3.22. The van der Waals surface area contributed by atoms with Gasteiger partial charge in [0.05, 0.1) is 19.0 Å². The van der Waals surface area contributed by atoms with E-state index < -0.39 is 11.7 Å². The third kappa shape index (κ3) is 6.03. The molecule has 0 aliphatic heterocycles. The number of anilines is 3. The molecule has 3 rings (SSSR count). The predicted molar refractivity (Wildman–Crippen MR) is 111 cm³/mol. The van der Waals surface area contributed by atoms with Crippen molar-refractivity contribution in [2.24, 2.45) is 0 Å². The first-order valence-corrected chi connectivity index (χ1v) is 9.41. The monoisotopic (exact) mass is 445 g/mol. The third-order valence-corrected chi connectivity index (χ3v) is 3.93. The fourth-order valence-corrected chi connectivity index (χ4v) is 2.58. The standard InChI is InChI=1S/C20H21F2N7O3/c1-11-7-16(29-19(25-11)20(3,21)22)27-13-8-15(26-12(2)30)24-9-14(13)32-10-17-23-6-5-18(28-17)31-4/h5-9H,10H2,1-4H3,(H2,24,25,26,27,29,30). The molecule has 1 amide bonds. The van der Waals surface area contributed by atoms with E-state index in [1.807, 2.05) is 0 Å². The first kappa shape index (κ1) is 22.7. The fourth-order valence-electron chi connectivity index (χ4n) is 2.58. The van der Waals surface area contributed by atoms with E-state index in [4.69, 9.17) is 9.47 Å². The van der Waals surface area contributed by atoms with Gasteiger partial charge in [-0.3, -0.25) is 4.79 Å². The Morgan fingerprint density at radius 1 is 1.16 bits per heavy atom. The highest BCUT2D eigenvalue weighted by Gasteiger charge is 2.29. The van der Waals surface area contributed by atoms with E-state index in [0.717, 1.165) is 6.92 Å². The summed E-state index contributed by atoms with van der Waals surface area (Å²) in [5.41, 5.74) is 0.678. The van der Waals surface area contributed by atoms with E-state index in [9.17, 15) is 13.6 Å². The Morgan fingerprint density at radius 2 is 1.94 bits per heavy atom. The van der Waals surface area contributed by atoms with Gasteiger partial charge in [0.15, 0.2) is 11.6 Å². The number of hydrogen-bond donors (Lipinski definition) is 2. The number of hydrogen-bond acceptors (Lipinski definition) is 9. The number of carbonyl (C=O) groups is 1.